The molecule has 1 rings (SSSR count). The molecule has 0 aliphatic carbocycles. The molecule has 0 unspecified atom stereocenters. The molecule has 0 spiro atoms. The minimum Gasteiger partial charge on any atom is -0.493 e. The van der Waals surface area contributed by atoms with Crippen LogP contribution in [0.1, 0.15) is 31.4 Å². The van der Waals surface area contributed by atoms with E-state index in [4.69, 9.17) is 4.74 Å². The maximum atomic E-state index is 11.1. The summed E-state index contributed by atoms with van der Waals surface area (Å²) in [6, 6.07) is 6.09. The molecular formula is C17H30N4O3S. The van der Waals surface area contributed by atoms with Gasteiger partial charge >= 0.3 is 0 Å². The van der Waals surface area contributed by atoms with Gasteiger partial charge in [0.2, 0.25) is 10.0 Å². The van der Waals surface area contributed by atoms with E-state index < -0.39 is 10.0 Å². The first-order valence-corrected chi connectivity index (χ1v) is 10.4. The Labute approximate surface area is 151 Å². The summed E-state index contributed by atoms with van der Waals surface area (Å²) in [6.07, 6.45) is 2.09. The zero-order chi connectivity index (χ0) is 18.7. The number of ether oxygens (including phenoxy) is 1. The fourth-order valence-corrected chi connectivity index (χ4v) is 2.53. The van der Waals surface area contributed by atoms with E-state index in [1.165, 1.54) is 0 Å². The predicted octanol–water partition coefficient (Wildman–Crippen LogP) is 1.39. The van der Waals surface area contributed by atoms with Crippen molar-refractivity contribution in [2.24, 2.45) is 4.99 Å². The van der Waals surface area contributed by atoms with Gasteiger partial charge in [0.1, 0.15) is 5.75 Å². The Hall–Kier alpha value is -1.80. The van der Waals surface area contributed by atoms with Crippen molar-refractivity contribution in [1.82, 2.24) is 15.4 Å². The molecule has 25 heavy (non-hydrogen) atoms. The quantitative estimate of drug-likeness (QED) is 0.329. The maximum absolute atomic E-state index is 11.1. The number of aryl methyl sites for hydroxylation is 1. The van der Waals surface area contributed by atoms with Crippen LogP contribution < -0.4 is 20.1 Å². The molecule has 3 N–H and O–H groups in total. The summed E-state index contributed by atoms with van der Waals surface area (Å²) in [6.45, 7) is 8.72. The van der Waals surface area contributed by atoms with Gasteiger partial charge in [0.05, 0.1) is 19.4 Å². The molecule has 0 fully saturated rings. The molecule has 1 aromatic carbocycles. The van der Waals surface area contributed by atoms with Gasteiger partial charge in [0.25, 0.3) is 0 Å². The lowest BCUT2D eigenvalue weighted by Gasteiger charge is -2.13. The number of nitrogens with zero attached hydrogens (tertiary/aromatic N) is 1. The fourth-order valence-electron chi connectivity index (χ4n) is 2.06. The Morgan fingerprint density at radius 3 is 2.60 bits per heavy atom. The Bertz CT molecular complexity index is 660. The minimum atomic E-state index is -3.18. The molecule has 8 heteroatoms. The van der Waals surface area contributed by atoms with Crippen LogP contribution in [0.25, 0.3) is 0 Å². The summed E-state index contributed by atoms with van der Waals surface area (Å²) in [5.74, 6) is 1.50. The maximum Gasteiger partial charge on any atom is 0.208 e. The third-order valence-electron chi connectivity index (χ3n) is 3.22. The molecule has 0 saturated carbocycles. The Morgan fingerprint density at radius 1 is 1.20 bits per heavy atom. The lowest BCUT2D eigenvalue weighted by molar-refractivity contribution is 0.314. The molecule has 0 bridgehead atoms. The number of benzene rings is 1. The number of sulfonamides is 1. The smallest absolute Gasteiger partial charge is 0.208 e. The largest absolute Gasteiger partial charge is 0.493 e. The van der Waals surface area contributed by atoms with Crippen LogP contribution in [-0.2, 0) is 16.6 Å². The van der Waals surface area contributed by atoms with Gasteiger partial charge in [-0.15, -0.1) is 0 Å². The molecular weight excluding hydrogens is 340 g/mol. The van der Waals surface area contributed by atoms with Crippen LogP contribution in [0.15, 0.2) is 23.2 Å². The highest BCUT2D eigenvalue weighted by atomic mass is 32.2. The van der Waals surface area contributed by atoms with Gasteiger partial charge < -0.3 is 15.4 Å². The molecule has 0 aliphatic heterocycles. The average Bonchev–Trinajstić information content (AvgIpc) is 2.54. The summed E-state index contributed by atoms with van der Waals surface area (Å²) in [5.41, 5.74) is 2.17. The molecule has 7 nitrogen and oxygen atoms in total. The van der Waals surface area contributed by atoms with E-state index in [2.05, 4.69) is 27.3 Å². The van der Waals surface area contributed by atoms with E-state index in [9.17, 15) is 8.42 Å². The first-order valence-electron chi connectivity index (χ1n) is 8.54. The van der Waals surface area contributed by atoms with Crippen molar-refractivity contribution in [2.45, 2.75) is 33.7 Å². The summed E-state index contributed by atoms with van der Waals surface area (Å²) >= 11 is 0. The topological polar surface area (TPSA) is 91.8 Å². The van der Waals surface area contributed by atoms with Crippen LogP contribution >= 0.6 is 0 Å². The van der Waals surface area contributed by atoms with Crippen molar-refractivity contribution in [3.63, 3.8) is 0 Å². The van der Waals surface area contributed by atoms with E-state index in [-0.39, 0.29) is 0 Å². The normalized spacial score (nSPS) is 12.1. The van der Waals surface area contributed by atoms with Crippen LogP contribution in [-0.4, -0.2) is 46.9 Å². The van der Waals surface area contributed by atoms with E-state index >= 15 is 0 Å². The van der Waals surface area contributed by atoms with Gasteiger partial charge in [-0.3, -0.25) is 0 Å². The van der Waals surface area contributed by atoms with E-state index in [1.807, 2.05) is 32.0 Å². The van der Waals surface area contributed by atoms with E-state index in [1.54, 1.807) is 0 Å². The molecule has 0 atom stereocenters. The van der Waals surface area contributed by atoms with Crippen molar-refractivity contribution in [3.05, 3.63) is 29.3 Å². The summed E-state index contributed by atoms with van der Waals surface area (Å²) < 4.78 is 30.4. The molecule has 0 heterocycles. The Morgan fingerprint density at radius 2 is 1.96 bits per heavy atom. The van der Waals surface area contributed by atoms with Gasteiger partial charge in [-0.1, -0.05) is 19.1 Å². The number of aliphatic imine (C=N–C) groups is 1. The molecule has 142 valence electrons. The fraction of sp³-hybridized carbons (Fsp3) is 0.588. The highest BCUT2D eigenvalue weighted by Crippen LogP contribution is 2.21. The second-order valence-electron chi connectivity index (χ2n) is 5.75. The lowest BCUT2D eigenvalue weighted by atomic mass is 10.1. The number of guanidine groups is 1. The summed E-state index contributed by atoms with van der Waals surface area (Å²) in [7, 11) is -3.18. The SMILES string of the molecule is CCCOc1cc(C)ccc1CN=C(NCC)NCCNS(C)(=O)=O. The van der Waals surface area contributed by atoms with Gasteiger partial charge in [-0.05, 0) is 31.9 Å². The van der Waals surface area contributed by atoms with Crippen molar-refractivity contribution in [2.75, 3.05) is 32.5 Å². The van der Waals surface area contributed by atoms with E-state index in [0.29, 0.717) is 32.2 Å². The first kappa shape index (κ1) is 21.2. The molecule has 0 radical (unpaired) electrons. The van der Waals surface area contributed by atoms with Gasteiger partial charge in [-0.2, -0.15) is 0 Å². The summed E-state index contributed by atoms with van der Waals surface area (Å²) in [5, 5.41) is 6.25. The van der Waals surface area contributed by atoms with E-state index in [0.717, 1.165) is 36.1 Å². The van der Waals surface area contributed by atoms with Crippen molar-refractivity contribution in [1.29, 1.82) is 0 Å². The monoisotopic (exact) mass is 370 g/mol. The second kappa shape index (κ2) is 10.9. The molecule has 0 amide bonds. The van der Waals surface area contributed by atoms with Gasteiger partial charge in [0.15, 0.2) is 5.96 Å². The van der Waals surface area contributed by atoms with Gasteiger partial charge in [-0.25, -0.2) is 18.1 Å². The molecule has 0 aromatic heterocycles. The highest BCUT2D eigenvalue weighted by Gasteiger charge is 2.05. The number of hydrogen-bond donors (Lipinski definition) is 3. The van der Waals surface area contributed by atoms with Crippen LogP contribution in [0.5, 0.6) is 5.75 Å². The second-order valence-corrected chi connectivity index (χ2v) is 7.58. The Kier molecular flexibility index (Phi) is 9.30. The van der Waals surface area contributed by atoms with Crippen LogP contribution in [0.2, 0.25) is 0 Å². The van der Waals surface area contributed by atoms with Crippen LogP contribution in [0, 0.1) is 6.92 Å². The minimum absolute atomic E-state index is 0.304. The van der Waals surface area contributed by atoms with Crippen LogP contribution in [0.4, 0.5) is 0 Å². The third kappa shape index (κ3) is 9.31. The Balaban J connectivity index is 2.70. The lowest BCUT2D eigenvalue weighted by Crippen LogP contribution is -2.41. The zero-order valence-electron chi connectivity index (χ0n) is 15.6. The molecule has 0 saturated heterocycles. The average molecular weight is 371 g/mol. The third-order valence-corrected chi connectivity index (χ3v) is 3.95. The first-order chi connectivity index (χ1) is 11.9. The summed E-state index contributed by atoms with van der Waals surface area (Å²) in [4.78, 5) is 4.55. The van der Waals surface area contributed by atoms with Crippen LogP contribution in [0.3, 0.4) is 0 Å². The van der Waals surface area contributed by atoms with Gasteiger partial charge in [0, 0.05) is 25.2 Å². The number of hydrogen-bond acceptors (Lipinski definition) is 4. The molecule has 0 aliphatic rings. The zero-order valence-corrected chi connectivity index (χ0v) is 16.4. The number of nitrogens with one attached hydrogen (secondary N) is 3. The highest BCUT2D eigenvalue weighted by molar-refractivity contribution is 7.88. The standard InChI is InChI=1S/C17H30N4O3S/c1-5-11-24-16-12-14(3)7-8-15(16)13-20-17(18-6-2)19-9-10-21-25(4,22)23/h7-8,12,21H,5-6,9-11,13H2,1-4H3,(H2,18,19,20). The van der Waals surface area contributed by atoms with Crippen molar-refractivity contribution >= 4 is 16.0 Å². The number of rotatable bonds is 10. The van der Waals surface area contributed by atoms with Crippen molar-refractivity contribution < 1.29 is 13.2 Å². The molecule has 1 aromatic rings. The predicted molar refractivity (Wildman–Crippen MR) is 103 cm³/mol. The van der Waals surface area contributed by atoms with Crippen molar-refractivity contribution in [3.8, 4) is 5.75 Å².